The van der Waals surface area contributed by atoms with Gasteiger partial charge < -0.3 is 19.5 Å². The number of esters is 1. The van der Waals surface area contributed by atoms with E-state index in [1.165, 1.54) is 0 Å². The maximum absolute atomic E-state index is 11.5. The topological polar surface area (TPSA) is 59.0 Å². The number of phenolic OH excluding ortho intramolecular Hbond substituents is 1. The van der Waals surface area contributed by atoms with Crippen LogP contribution < -0.4 is 9.64 Å². The van der Waals surface area contributed by atoms with Crippen molar-refractivity contribution in [2.45, 2.75) is 25.0 Å². The third-order valence-electron chi connectivity index (χ3n) is 5.66. The molecular weight excluding hydrogens is 354 g/mol. The highest BCUT2D eigenvalue weighted by atomic mass is 16.5. The van der Waals surface area contributed by atoms with Gasteiger partial charge >= 0.3 is 5.97 Å². The van der Waals surface area contributed by atoms with Gasteiger partial charge in [0.25, 0.3) is 0 Å². The third kappa shape index (κ3) is 2.50. The fourth-order valence-electron chi connectivity index (χ4n) is 4.19. The Hall–Kier alpha value is -3.21. The summed E-state index contributed by atoms with van der Waals surface area (Å²) in [6, 6.07) is 13.4. The molecule has 2 heterocycles. The molecule has 1 atom stereocenters. The summed E-state index contributed by atoms with van der Waals surface area (Å²) >= 11 is 0. The number of benzene rings is 2. The van der Waals surface area contributed by atoms with Crippen molar-refractivity contribution in [2.75, 3.05) is 18.1 Å². The minimum absolute atomic E-state index is 0.103. The van der Waals surface area contributed by atoms with E-state index >= 15 is 0 Å². The highest BCUT2D eigenvalue weighted by molar-refractivity contribution is 5.81. The average molecular weight is 377 g/mol. The number of anilines is 1. The Balaban J connectivity index is 1.79. The first-order valence-corrected chi connectivity index (χ1v) is 9.27. The third-order valence-corrected chi connectivity index (χ3v) is 5.66. The van der Waals surface area contributed by atoms with Crippen molar-refractivity contribution < 1.29 is 19.4 Å². The Morgan fingerprint density at radius 1 is 1.25 bits per heavy atom. The molecule has 144 valence electrons. The molecule has 1 unspecified atom stereocenters. The first-order chi connectivity index (χ1) is 13.4. The fourth-order valence-corrected chi connectivity index (χ4v) is 4.19. The minimum Gasteiger partial charge on any atom is -0.504 e. The SMILES string of the molecule is C=CC(=O)OCCN1c2ccccc2C(C)(C)C12C=Cc1cccc(O)c1O2. The van der Waals surface area contributed by atoms with E-state index in [1.54, 1.807) is 12.1 Å². The van der Waals surface area contributed by atoms with Crippen LogP contribution in [0.5, 0.6) is 11.5 Å². The average Bonchev–Trinajstić information content (AvgIpc) is 2.87. The standard InChI is InChI=1S/C23H23NO4/c1-4-20(26)27-15-14-24-18-10-6-5-9-17(18)22(2,3)23(24)13-12-16-8-7-11-19(25)21(16)28-23/h4-13,25H,1,14-15H2,2-3H3. The van der Waals surface area contributed by atoms with Crippen LogP contribution in [0.4, 0.5) is 5.69 Å². The molecule has 0 amide bonds. The summed E-state index contributed by atoms with van der Waals surface area (Å²) in [4.78, 5) is 13.6. The van der Waals surface area contributed by atoms with Crippen molar-refractivity contribution in [3.8, 4) is 11.5 Å². The van der Waals surface area contributed by atoms with Crippen LogP contribution in [0.15, 0.2) is 61.2 Å². The zero-order chi connectivity index (χ0) is 19.9. The zero-order valence-electron chi connectivity index (χ0n) is 16.0. The molecule has 1 N–H and O–H groups in total. The van der Waals surface area contributed by atoms with Crippen molar-refractivity contribution in [1.82, 2.24) is 0 Å². The van der Waals surface area contributed by atoms with Gasteiger partial charge in [-0.25, -0.2) is 4.79 Å². The van der Waals surface area contributed by atoms with Gasteiger partial charge in [-0.2, -0.15) is 0 Å². The van der Waals surface area contributed by atoms with Crippen LogP contribution >= 0.6 is 0 Å². The normalized spacial score (nSPS) is 21.0. The number of fused-ring (bicyclic) bond motifs is 2. The number of aromatic hydroxyl groups is 1. The molecule has 2 aliphatic rings. The first kappa shape index (κ1) is 18.2. The van der Waals surface area contributed by atoms with E-state index in [4.69, 9.17) is 9.47 Å². The molecule has 0 saturated heterocycles. The van der Waals surface area contributed by atoms with E-state index in [1.807, 2.05) is 36.4 Å². The molecule has 0 saturated carbocycles. The molecule has 0 bridgehead atoms. The molecule has 1 spiro atoms. The number of phenols is 1. The largest absolute Gasteiger partial charge is 0.504 e. The van der Waals surface area contributed by atoms with E-state index in [2.05, 4.69) is 31.4 Å². The minimum atomic E-state index is -0.858. The van der Waals surface area contributed by atoms with Crippen LogP contribution in [0.1, 0.15) is 25.0 Å². The fraction of sp³-hybridized carbons (Fsp3) is 0.261. The molecule has 0 aromatic heterocycles. The Morgan fingerprint density at radius 2 is 2.04 bits per heavy atom. The van der Waals surface area contributed by atoms with E-state index in [-0.39, 0.29) is 12.4 Å². The van der Waals surface area contributed by atoms with Crippen molar-refractivity contribution >= 4 is 17.7 Å². The maximum Gasteiger partial charge on any atom is 0.330 e. The highest BCUT2D eigenvalue weighted by Crippen LogP contribution is 2.55. The van der Waals surface area contributed by atoms with Crippen molar-refractivity contribution in [1.29, 1.82) is 0 Å². The van der Waals surface area contributed by atoms with Gasteiger partial charge in [-0.3, -0.25) is 0 Å². The van der Waals surface area contributed by atoms with E-state index in [0.29, 0.717) is 12.3 Å². The van der Waals surface area contributed by atoms with Gasteiger partial charge in [0, 0.05) is 17.3 Å². The quantitative estimate of drug-likeness (QED) is 0.644. The molecule has 28 heavy (non-hydrogen) atoms. The van der Waals surface area contributed by atoms with Gasteiger partial charge in [0.05, 0.1) is 12.0 Å². The number of hydrogen-bond donors (Lipinski definition) is 1. The van der Waals surface area contributed by atoms with Crippen LogP contribution in [0.2, 0.25) is 0 Å². The number of carbonyl (C=O) groups is 1. The molecule has 0 radical (unpaired) electrons. The van der Waals surface area contributed by atoms with Crippen LogP contribution in [0, 0.1) is 0 Å². The lowest BCUT2D eigenvalue weighted by molar-refractivity contribution is -0.137. The predicted molar refractivity (Wildman–Crippen MR) is 108 cm³/mol. The summed E-state index contributed by atoms with van der Waals surface area (Å²) < 4.78 is 11.8. The predicted octanol–water partition coefficient (Wildman–Crippen LogP) is 4.02. The summed E-state index contributed by atoms with van der Waals surface area (Å²) in [5, 5.41) is 10.4. The summed E-state index contributed by atoms with van der Waals surface area (Å²) in [6.45, 7) is 8.31. The second-order valence-corrected chi connectivity index (χ2v) is 7.49. The van der Waals surface area contributed by atoms with Crippen molar-refractivity contribution in [2.24, 2.45) is 0 Å². The number of hydrogen-bond acceptors (Lipinski definition) is 5. The smallest absolute Gasteiger partial charge is 0.330 e. The van der Waals surface area contributed by atoms with Gasteiger partial charge in [0.15, 0.2) is 11.5 Å². The summed E-state index contributed by atoms with van der Waals surface area (Å²) in [5.41, 5.74) is 1.71. The Kier molecular flexibility index (Phi) is 4.18. The lowest BCUT2D eigenvalue weighted by atomic mass is 9.76. The number of nitrogens with zero attached hydrogens (tertiary/aromatic N) is 1. The molecule has 2 aliphatic heterocycles. The van der Waals surface area contributed by atoms with Gasteiger partial charge in [-0.1, -0.05) is 36.9 Å². The monoisotopic (exact) mass is 377 g/mol. The van der Waals surface area contributed by atoms with Crippen LogP contribution in [-0.2, 0) is 14.9 Å². The molecule has 2 aromatic rings. The lowest BCUT2D eigenvalue weighted by Gasteiger charge is -2.47. The molecule has 0 aliphatic carbocycles. The zero-order valence-corrected chi connectivity index (χ0v) is 16.0. The molecule has 4 rings (SSSR count). The number of ether oxygens (including phenoxy) is 2. The van der Waals surface area contributed by atoms with E-state index in [0.717, 1.165) is 22.9 Å². The van der Waals surface area contributed by atoms with E-state index < -0.39 is 17.1 Å². The Labute approximate surface area is 164 Å². The molecule has 5 nitrogen and oxygen atoms in total. The second-order valence-electron chi connectivity index (χ2n) is 7.49. The molecule has 2 aromatic carbocycles. The molecule has 5 heteroatoms. The first-order valence-electron chi connectivity index (χ1n) is 9.27. The Morgan fingerprint density at radius 3 is 2.82 bits per heavy atom. The van der Waals surface area contributed by atoms with Crippen LogP contribution in [0.25, 0.3) is 6.08 Å². The van der Waals surface area contributed by atoms with Crippen LogP contribution in [0.3, 0.4) is 0 Å². The van der Waals surface area contributed by atoms with Gasteiger partial charge in [-0.15, -0.1) is 0 Å². The van der Waals surface area contributed by atoms with Crippen LogP contribution in [-0.4, -0.2) is 30.0 Å². The van der Waals surface area contributed by atoms with Gasteiger partial charge in [-0.05, 0) is 43.7 Å². The number of rotatable bonds is 4. The lowest BCUT2D eigenvalue weighted by Crippen LogP contribution is -2.60. The van der Waals surface area contributed by atoms with E-state index in [9.17, 15) is 9.90 Å². The van der Waals surface area contributed by atoms with Crippen molar-refractivity contribution in [3.63, 3.8) is 0 Å². The molecular formula is C23H23NO4. The van der Waals surface area contributed by atoms with Gasteiger partial charge in [0.1, 0.15) is 6.61 Å². The summed E-state index contributed by atoms with van der Waals surface area (Å²) in [6.07, 6.45) is 5.17. The second kappa shape index (κ2) is 6.44. The van der Waals surface area contributed by atoms with Crippen molar-refractivity contribution in [3.05, 3.63) is 72.3 Å². The molecule has 0 fully saturated rings. The number of para-hydroxylation sites is 2. The maximum atomic E-state index is 11.5. The summed E-state index contributed by atoms with van der Waals surface area (Å²) in [7, 11) is 0. The highest BCUT2D eigenvalue weighted by Gasteiger charge is 2.58. The van der Waals surface area contributed by atoms with Gasteiger partial charge in [0.2, 0.25) is 5.72 Å². The Bertz CT molecular complexity index is 978. The summed E-state index contributed by atoms with van der Waals surface area (Å²) in [5.74, 6) is 0.105. The number of carbonyl (C=O) groups excluding carboxylic acids is 1.